The average molecular weight is 323 g/mol. The second kappa shape index (κ2) is 6.77. The van der Waals surface area contributed by atoms with Crippen molar-refractivity contribution in [2.75, 3.05) is 19.6 Å². The van der Waals surface area contributed by atoms with Gasteiger partial charge in [0.15, 0.2) is 5.82 Å². The summed E-state index contributed by atoms with van der Waals surface area (Å²) < 4.78 is 5.41. The van der Waals surface area contributed by atoms with E-state index in [0.29, 0.717) is 5.89 Å². The molecule has 0 radical (unpaired) electrons. The topological polar surface area (TPSA) is 68.2 Å². The van der Waals surface area contributed by atoms with Crippen LogP contribution in [0.5, 0.6) is 0 Å². The monoisotopic (exact) mass is 322 g/mol. The first-order chi connectivity index (χ1) is 10.1. The van der Waals surface area contributed by atoms with Crippen LogP contribution < -0.4 is 5.73 Å². The van der Waals surface area contributed by atoms with E-state index < -0.39 is 0 Å². The number of aryl methyl sites for hydroxylation is 1. The number of hydrogen-bond acceptors (Lipinski definition) is 5. The van der Waals surface area contributed by atoms with Crippen molar-refractivity contribution in [3.63, 3.8) is 0 Å². The third-order valence-electron chi connectivity index (χ3n) is 4.34. The molecule has 1 atom stereocenters. The molecule has 2 N–H and O–H groups in total. The molecule has 6 heteroatoms. The Kier molecular flexibility index (Phi) is 5.21. The van der Waals surface area contributed by atoms with Crippen LogP contribution in [0.25, 0.3) is 11.5 Å². The van der Waals surface area contributed by atoms with Crippen molar-refractivity contribution in [1.29, 1.82) is 0 Å². The number of nitrogens with zero attached hydrogens (tertiary/aromatic N) is 3. The highest BCUT2D eigenvalue weighted by Gasteiger charge is 2.32. The summed E-state index contributed by atoms with van der Waals surface area (Å²) in [5, 5.41) is 4.11. The Hall–Kier alpha value is -1.43. The summed E-state index contributed by atoms with van der Waals surface area (Å²) in [6, 6.07) is 8.05. The molecule has 3 rings (SSSR count). The summed E-state index contributed by atoms with van der Waals surface area (Å²) in [5.41, 5.74) is 8.22. The summed E-state index contributed by atoms with van der Waals surface area (Å²) in [5.74, 6) is 1.35. The minimum atomic E-state index is 0. The SMILES string of the molecule is Cc1ccccc1-c1nc(CN2CCC(C)(CN)C2)no1.Cl. The fourth-order valence-corrected chi connectivity index (χ4v) is 2.87. The molecule has 1 unspecified atom stereocenters. The smallest absolute Gasteiger partial charge is 0.258 e. The van der Waals surface area contributed by atoms with Crippen LogP contribution >= 0.6 is 12.4 Å². The lowest BCUT2D eigenvalue weighted by Gasteiger charge is -2.21. The van der Waals surface area contributed by atoms with E-state index in [2.05, 4.69) is 22.0 Å². The van der Waals surface area contributed by atoms with Crippen LogP contribution in [0.3, 0.4) is 0 Å². The lowest BCUT2D eigenvalue weighted by Crippen LogP contribution is -2.31. The molecule has 0 aliphatic carbocycles. The summed E-state index contributed by atoms with van der Waals surface area (Å²) in [7, 11) is 0. The van der Waals surface area contributed by atoms with Gasteiger partial charge in [0, 0.05) is 12.1 Å². The minimum absolute atomic E-state index is 0. The van der Waals surface area contributed by atoms with Gasteiger partial charge in [-0.15, -0.1) is 12.4 Å². The van der Waals surface area contributed by atoms with Crippen LogP contribution in [-0.2, 0) is 6.54 Å². The van der Waals surface area contributed by atoms with Crippen molar-refractivity contribution in [2.24, 2.45) is 11.1 Å². The number of aromatic nitrogens is 2. The van der Waals surface area contributed by atoms with Gasteiger partial charge in [-0.25, -0.2) is 0 Å². The average Bonchev–Trinajstić information content (AvgIpc) is 3.08. The standard InChI is InChI=1S/C16H22N4O.ClH/c1-12-5-3-4-6-13(12)15-18-14(19-21-15)9-20-8-7-16(2,10-17)11-20;/h3-6H,7-11,17H2,1-2H3;1H. The van der Waals surface area contributed by atoms with Crippen molar-refractivity contribution in [3.8, 4) is 11.5 Å². The zero-order chi connectivity index (χ0) is 14.9. The third-order valence-corrected chi connectivity index (χ3v) is 4.34. The van der Waals surface area contributed by atoms with E-state index in [1.807, 2.05) is 31.2 Å². The second-order valence-electron chi connectivity index (χ2n) is 6.31. The molecule has 1 aliphatic rings. The highest BCUT2D eigenvalue weighted by molar-refractivity contribution is 5.85. The Morgan fingerprint density at radius 1 is 1.36 bits per heavy atom. The van der Waals surface area contributed by atoms with E-state index in [0.717, 1.165) is 49.6 Å². The number of benzene rings is 1. The van der Waals surface area contributed by atoms with Crippen LogP contribution in [0.2, 0.25) is 0 Å². The lowest BCUT2D eigenvalue weighted by molar-refractivity contribution is 0.265. The fraction of sp³-hybridized carbons (Fsp3) is 0.500. The van der Waals surface area contributed by atoms with Gasteiger partial charge in [-0.3, -0.25) is 4.90 Å². The Morgan fingerprint density at radius 2 is 2.14 bits per heavy atom. The number of rotatable bonds is 4. The van der Waals surface area contributed by atoms with Crippen molar-refractivity contribution in [2.45, 2.75) is 26.8 Å². The molecule has 120 valence electrons. The van der Waals surface area contributed by atoms with E-state index in [1.165, 1.54) is 0 Å². The molecule has 5 nitrogen and oxygen atoms in total. The normalized spacial score (nSPS) is 21.8. The van der Waals surface area contributed by atoms with E-state index in [1.54, 1.807) is 0 Å². The molecule has 1 aromatic heterocycles. The van der Waals surface area contributed by atoms with Gasteiger partial charge in [-0.2, -0.15) is 4.98 Å². The molecule has 0 amide bonds. The summed E-state index contributed by atoms with van der Waals surface area (Å²) in [6.45, 7) is 7.78. The number of likely N-dealkylation sites (tertiary alicyclic amines) is 1. The Bertz CT molecular complexity index is 630. The predicted molar refractivity (Wildman–Crippen MR) is 88.8 cm³/mol. The molecule has 2 aromatic rings. The summed E-state index contributed by atoms with van der Waals surface area (Å²) in [6.07, 6.45) is 1.13. The molecule has 1 saturated heterocycles. The van der Waals surface area contributed by atoms with Crippen molar-refractivity contribution >= 4 is 12.4 Å². The highest BCUT2D eigenvalue weighted by atomic mass is 35.5. The Balaban J connectivity index is 0.00000176. The van der Waals surface area contributed by atoms with E-state index >= 15 is 0 Å². The Labute approximate surface area is 137 Å². The van der Waals surface area contributed by atoms with Crippen molar-refractivity contribution < 1.29 is 4.52 Å². The molecular weight excluding hydrogens is 300 g/mol. The van der Waals surface area contributed by atoms with Gasteiger partial charge >= 0.3 is 0 Å². The maximum Gasteiger partial charge on any atom is 0.258 e. The molecule has 0 saturated carbocycles. The largest absolute Gasteiger partial charge is 0.334 e. The summed E-state index contributed by atoms with van der Waals surface area (Å²) >= 11 is 0. The molecule has 1 aromatic carbocycles. The molecule has 0 bridgehead atoms. The number of hydrogen-bond donors (Lipinski definition) is 1. The first kappa shape index (κ1) is 16.9. The molecule has 2 heterocycles. The molecule has 1 aliphatic heterocycles. The lowest BCUT2D eigenvalue weighted by atomic mass is 9.90. The predicted octanol–water partition coefficient (Wildman–Crippen LogP) is 2.64. The van der Waals surface area contributed by atoms with Gasteiger partial charge in [0.05, 0.1) is 6.54 Å². The zero-order valence-electron chi connectivity index (χ0n) is 13.1. The molecule has 0 spiro atoms. The first-order valence-electron chi connectivity index (χ1n) is 7.41. The van der Waals surface area contributed by atoms with Crippen LogP contribution in [0, 0.1) is 12.3 Å². The molecule has 22 heavy (non-hydrogen) atoms. The van der Waals surface area contributed by atoms with Gasteiger partial charge in [-0.1, -0.05) is 30.3 Å². The minimum Gasteiger partial charge on any atom is -0.334 e. The molecule has 1 fully saturated rings. The van der Waals surface area contributed by atoms with Gasteiger partial charge in [0.2, 0.25) is 0 Å². The van der Waals surface area contributed by atoms with Crippen molar-refractivity contribution in [1.82, 2.24) is 15.0 Å². The van der Waals surface area contributed by atoms with E-state index in [4.69, 9.17) is 10.3 Å². The van der Waals surface area contributed by atoms with E-state index in [9.17, 15) is 0 Å². The maximum atomic E-state index is 5.84. The fourth-order valence-electron chi connectivity index (χ4n) is 2.87. The van der Waals surface area contributed by atoms with Crippen LogP contribution in [-0.4, -0.2) is 34.7 Å². The molecular formula is C16H23ClN4O. The number of nitrogens with two attached hydrogens (primary N) is 1. The summed E-state index contributed by atoms with van der Waals surface area (Å²) in [4.78, 5) is 6.87. The van der Waals surface area contributed by atoms with Crippen LogP contribution in [0.15, 0.2) is 28.8 Å². The van der Waals surface area contributed by atoms with Gasteiger partial charge in [-0.05, 0) is 43.5 Å². The quantitative estimate of drug-likeness (QED) is 0.937. The highest BCUT2D eigenvalue weighted by Crippen LogP contribution is 2.29. The van der Waals surface area contributed by atoms with Gasteiger partial charge in [0.1, 0.15) is 0 Å². The Morgan fingerprint density at radius 3 is 2.82 bits per heavy atom. The van der Waals surface area contributed by atoms with Gasteiger partial charge in [0.25, 0.3) is 5.89 Å². The van der Waals surface area contributed by atoms with Gasteiger partial charge < -0.3 is 10.3 Å². The first-order valence-corrected chi connectivity index (χ1v) is 7.41. The van der Waals surface area contributed by atoms with Crippen molar-refractivity contribution in [3.05, 3.63) is 35.7 Å². The zero-order valence-corrected chi connectivity index (χ0v) is 13.9. The van der Waals surface area contributed by atoms with Crippen LogP contribution in [0.1, 0.15) is 24.7 Å². The second-order valence-corrected chi connectivity index (χ2v) is 6.31. The van der Waals surface area contributed by atoms with Crippen LogP contribution in [0.4, 0.5) is 0 Å². The van der Waals surface area contributed by atoms with E-state index in [-0.39, 0.29) is 17.8 Å². The third kappa shape index (κ3) is 3.48. The maximum absolute atomic E-state index is 5.84. The number of halogens is 1.